The second-order valence-corrected chi connectivity index (χ2v) is 5.37. The van der Waals surface area contributed by atoms with Crippen molar-refractivity contribution in [3.63, 3.8) is 0 Å². The van der Waals surface area contributed by atoms with Crippen molar-refractivity contribution in [3.05, 3.63) is 29.3 Å². The van der Waals surface area contributed by atoms with Crippen molar-refractivity contribution in [2.45, 2.75) is 33.1 Å². The predicted molar refractivity (Wildman–Crippen MR) is 78.0 cm³/mol. The van der Waals surface area contributed by atoms with Gasteiger partial charge in [0.15, 0.2) is 5.78 Å². The Morgan fingerprint density at radius 3 is 2.85 bits per heavy atom. The van der Waals surface area contributed by atoms with Crippen molar-refractivity contribution in [2.24, 2.45) is 5.92 Å². The maximum absolute atomic E-state index is 12.0. The lowest BCUT2D eigenvalue weighted by atomic mass is 10.0. The molecule has 4 heteroatoms. The second kappa shape index (κ2) is 6.66. The minimum atomic E-state index is -0.0370. The van der Waals surface area contributed by atoms with Crippen LogP contribution in [0.4, 0.5) is 5.69 Å². The molecule has 20 heavy (non-hydrogen) atoms. The van der Waals surface area contributed by atoms with Crippen LogP contribution in [0.3, 0.4) is 0 Å². The van der Waals surface area contributed by atoms with Gasteiger partial charge in [-0.3, -0.25) is 9.59 Å². The fourth-order valence-corrected chi connectivity index (χ4v) is 2.60. The maximum Gasteiger partial charge on any atom is 0.224 e. The zero-order chi connectivity index (χ0) is 14.5. The zero-order valence-electron chi connectivity index (χ0n) is 12.1. The monoisotopic (exact) mass is 275 g/mol. The summed E-state index contributed by atoms with van der Waals surface area (Å²) in [5.41, 5.74) is 2.11. The van der Waals surface area contributed by atoms with Crippen molar-refractivity contribution in [1.82, 2.24) is 0 Å². The molecule has 1 aliphatic heterocycles. The SMILES string of the molecule is CC(=O)c1c(C)cccc1NC(=O)CC[C@H]1CCOC1. The number of aryl methyl sites for hydroxylation is 1. The molecule has 1 atom stereocenters. The Labute approximate surface area is 119 Å². The van der Waals surface area contributed by atoms with Gasteiger partial charge in [-0.25, -0.2) is 0 Å². The molecule has 4 nitrogen and oxygen atoms in total. The lowest BCUT2D eigenvalue weighted by Gasteiger charge is -2.12. The Morgan fingerprint density at radius 2 is 2.20 bits per heavy atom. The van der Waals surface area contributed by atoms with Gasteiger partial charge in [0.05, 0.1) is 5.69 Å². The molecular weight excluding hydrogens is 254 g/mol. The number of ketones is 1. The molecule has 0 aliphatic carbocycles. The number of hydrogen-bond donors (Lipinski definition) is 1. The molecule has 2 rings (SSSR count). The van der Waals surface area contributed by atoms with Gasteiger partial charge in [-0.15, -0.1) is 0 Å². The molecule has 1 heterocycles. The lowest BCUT2D eigenvalue weighted by molar-refractivity contribution is -0.116. The molecule has 1 aromatic carbocycles. The van der Waals surface area contributed by atoms with Gasteiger partial charge in [-0.2, -0.15) is 0 Å². The van der Waals surface area contributed by atoms with Crippen LogP contribution < -0.4 is 5.32 Å². The highest BCUT2D eigenvalue weighted by atomic mass is 16.5. The molecule has 1 N–H and O–H groups in total. The molecule has 0 bridgehead atoms. The Hall–Kier alpha value is -1.68. The molecule has 1 aliphatic rings. The number of hydrogen-bond acceptors (Lipinski definition) is 3. The highest BCUT2D eigenvalue weighted by Crippen LogP contribution is 2.22. The molecule has 0 saturated carbocycles. The van der Waals surface area contributed by atoms with Crippen molar-refractivity contribution >= 4 is 17.4 Å². The van der Waals surface area contributed by atoms with Gasteiger partial charge in [-0.1, -0.05) is 12.1 Å². The molecular formula is C16H21NO3. The standard InChI is InChI=1S/C16H21NO3/c1-11-4-3-5-14(16(11)12(2)18)17-15(19)7-6-13-8-9-20-10-13/h3-5,13H,6-10H2,1-2H3,(H,17,19)/t13-/m0/s1. The maximum atomic E-state index is 12.0. The highest BCUT2D eigenvalue weighted by Gasteiger charge is 2.18. The zero-order valence-corrected chi connectivity index (χ0v) is 12.1. The summed E-state index contributed by atoms with van der Waals surface area (Å²) in [7, 11) is 0. The van der Waals surface area contributed by atoms with E-state index in [1.807, 2.05) is 19.1 Å². The van der Waals surface area contributed by atoms with E-state index >= 15 is 0 Å². The number of benzene rings is 1. The number of Topliss-reactive ketones (excluding diaryl/α,β-unsaturated/α-hetero) is 1. The fourth-order valence-electron chi connectivity index (χ4n) is 2.60. The first-order valence-corrected chi connectivity index (χ1v) is 7.06. The van der Waals surface area contributed by atoms with Crippen LogP contribution >= 0.6 is 0 Å². The van der Waals surface area contributed by atoms with Gasteiger partial charge in [0, 0.05) is 25.2 Å². The predicted octanol–water partition coefficient (Wildman–Crippen LogP) is 2.95. The van der Waals surface area contributed by atoms with Crippen molar-refractivity contribution in [3.8, 4) is 0 Å². The lowest BCUT2D eigenvalue weighted by Crippen LogP contribution is -2.16. The summed E-state index contributed by atoms with van der Waals surface area (Å²) < 4.78 is 5.30. The number of nitrogens with one attached hydrogen (secondary N) is 1. The number of carbonyl (C=O) groups is 2. The molecule has 0 aromatic heterocycles. The Kier molecular flexibility index (Phi) is 4.90. The quantitative estimate of drug-likeness (QED) is 0.841. The number of amides is 1. The van der Waals surface area contributed by atoms with Crippen LogP contribution in [0, 0.1) is 12.8 Å². The number of carbonyl (C=O) groups excluding carboxylic acids is 2. The van der Waals surface area contributed by atoms with Gasteiger partial charge < -0.3 is 10.1 Å². The average molecular weight is 275 g/mol. The third-order valence-corrected chi connectivity index (χ3v) is 3.70. The van der Waals surface area contributed by atoms with Crippen molar-refractivity contribution in [2.75, 3.05) is 18.5 Å². The van der Waals surface area contributed by atoms with Crippen LogP contribution in [0.25, 0.3) is 0 Å². The van der Waals surface area contributed by atoms with Crippen LogP contribution in [-0.2, 0) is 9.53 Å². The normalized spacial score (nSPS) is 18.0. The average Bonchev–Trinajstić information content (AvgIpc) is 2.89. The van der Waals surface area contributed by atoms with E-state index in [9.17, 15) is 9.59 Å². The van der Waals surface area contributed by atoms with Crippen LogP contribution in [0.2, 0.25) is 0 Å². The molecule has 1 fully saturated rings. The van der Waals surface area contributed by atoms with E-state index in [4.69, 9.17) is 4.74 Å². The van der Waals surface area contributed by atoms with E-state index in [-0.39, 0.29) is 11.7 Å². The van der Waals surface area contributed by atoms with Gasteiger partial charge in [0.1, 0.15) is 0 Å². The largest absolute Gasteiger partial charge is 0.381 e. The third kappa shape index (κ3) is 3.67. The van der Waals surface area contributed by atoms with E-state index < -0.39 is 0 Å². The van der Waals surface area contributed by atoms with Gasteiger partial charge >= 0.3 is 0 Å². The summed E-state index contributed by atoms with van der Waals surface area (Å²) in [6.07, 6.45) is 2.35. The molecule has 0 unspecified atom stereocenters. The highest BCUT2D eigenvalue weighted by molar-refractivity contribution is 6.04. The first kappa shape index (κ1) is 14.7. The van der Waals surface area contributed by atoms with E-state index in [0.29, 0.717) is 23.6 Å². The van der Waals surface area contributed by atoms with Crippen molar-refractivity contribution in [1.29, 1.82) is 0 Å². The Balaban J connectivity index is 1.96. The smallest absolute Gasteiger partial charge is 0.224 e. The second-order valence-electron chi connectivity index (χ2n) is 5.37. The van der Waals surface area contributed by atoms with E-state index in [0.717, 1.165) is 31.6 Å². The topological polar surface area (TPSA) is 55.4 Å². The number of anilines is 1. The number of rotatable bonds is 5. The van der Waals surface area contributed by atoms with Crippen LogP contribution in [0.1, 0.15) is 42.1 Å². The van der Waals surface area contributed by atoms with Gasteiger partial charge in [-0.05, 0) is 44.2 Å². The van der Waals surface area contributed by atoms with E-state index in [1.165, 1.54) is 6.92 Å². The molecule has 0 radical (unpaired) electrons. The van der Waals surface area contributed by atoms with Gasteiger partial charge in [0.2, 0.25) is 5.91 Å². The first-order chi connectivity index (χ1) is 9.58. The Morgan fingerprint density at radius 1 is 1.40 bits per heavy atom. The van der Waals surface area contributed by atoms with Crippen LogP contribution in [-0.4, -0.2) is 24.9 Å². The summed E-state index contributed by atoms with van der Waals surface area (Å²) in [6, 6.07) is 5.50. The van der Waals surface area contributed by atoms with Gasteiger partial charge in [0.25, 0.3) is 0 Å². The van der Waals surface area contributed by atoms with Crippen LogP contribution in [0.15, 0.2) is 18.2 Å². The minimum absolute atomic E-state index is 0.0254. The summed E-state index contributed by atoms with van der Waals surface area (Å²) in [5, 5.41) is 2.86. The summed E-state index contributed by atoms with van der Waals surface area (Å²) >= 11 is 0. The molecule has 0 spiro atoms. The summed E-state index contributed by atoms with van der Waals surface area (Å²) in [6.45, 7) is 4.96. The molecule has 1 saturated heterocycles. The van der Waals surface area contributed by atoms with Crippen molar-refractivity contribution < 1.29 is 14.3 Å². The minimum Gasteiger partial charge on any atom is -0.381 e. The first-order valence-electron chi connectivity index (χ1n) is 7.06. The number of ether oxygens (including phenoxy) is 1. The molecule has 108 valence electrons. The summed E-state index contributed by atoms with van der Waals surface area (Å²) in [5.74, 6) is 0.429. The van der Waals surface area contributed by atoms with E-state index in [1.54, 1.807) is 6.07 Å². The van der Waals surface area contributed by atoms with E-state index in [2.05, 4.69) is 5.32 Å². The Bertz CT molecular complexity index is 504. The fraction of sp³-hybridized carbons (Fsp3) is 0.500. The summed E-state index contributed by atoms with van der Waals surface area (Å²) in [4.78, 5) is 23.7. The molecule has 1 aromatic rings. The van der Waals surface area contributed by atoms with Crippen LogP contribution in [0.5, 0.6) is 0 Å². The molecule has 1 amide bonds. The third-order valence-electron chi connectivity index (χ3n) is 3.70.